The third-order valence-electron chi connectivity index (χ3n) is 10.1. The molecule has 240 valence electrons. The first-order valence-corrected chi connectivity index (χ1v) is 17.5. The Morgan fingerprint density at radius 3 is 1.53 bits per heavy atom. The maximum Gasteiger partial charge on any atom is 0.0619 e. The van der Waals surface area contributed by atoms with Crippen LogP contribution in [0.1, 0.15) is 0 Å². The van der Waals surface area contributed by atoms with Gasteiger partial charge in [0.1, 0.15) is 0 Å². The van der Waals surface area contributed by atoms with E-state index >= 15 is 0 Å². The molecule has 0 amide bonds. The van der Waals surface area contributed by atoms with Gasteiger partial charge in [-0.05, 0) is 84.4 Å². The third kappa shape index (κ3) is 4.74. The molecular weight excluding hydrogens is 619 g/mol. The Bertz CT molecular complexity index is 2810. The van der Waals surface area contributed by atoms with Gasteiger partial charge >= 0.3 is 0 Å². The second-order valence-electron chi connectivity index (χ2n) is 13.0. The summed E-state index contributed by atoms with van der Waals surface area (Å²) >= 11 is 0. The van der Waals surface area contributed by atoms with Gasteiger partial charge in [-0.3, -0.25) is 0 Å². The lowest BCUT2D eigenvalue weighted by atomic mass is 10.00. The molecule has 0 saturated heterocycles. The Balaban J connectivity index is 1.18. The molecule has 0 aliphatic rings. The molecular formula is C48H33N3. The van der Waals surface area contributed by atoms with Crippen molar-refractivity contribution in [3.05, 3.63) is 200 Å². The predicted octanol–water partition coefficient (Wildman–Crippen LogP) is 13.0. The van der Waals surface area contributed by atoms with Gasteiger partial charge in [0.15, 0.2) is 0 Å². The second-order valence-corrected chi connectivity index (χ2v) is 13.0. The summed E-state index contributed by atoms with van der Waals surface area (Å²) in [6.07, 6.45) is 0. The number of hydrogen-bond donors (Lipinski definition) is 0. The molecule has 0 bridgehead atoms. The maximum absolute atomic E-state index is 2.42. The minimum Gasteiger partial charge on any atom is -0.310 e. The molecule has 0 saturated carbocycles. The fraction of sp³-hybridized carbons (Fsp3) is 0. The lowest BCUT2D eigenvalue weighted by Crippen LogP contribution is -2.10. The molecule has 0 N–H and O–H groups in total. The van der Waals surface area contributed by atoms with Gasteiger partial charge in [-0.25, -0.2) is 0 Å². The monoisotopic (exact) mass is 651 g/mol. The number of nitrogens with zero attached hydrogens (tertiary/aromatic N) is 3. The maximum atomic E-state index is 2.42. The number of anilines is 3. The second kappa shape index (κ2) is 11.9. The Morgan fingerprint density at radius 1 is 0.314 bits per heavy atom. The average molecular weight is 652 g/mol. The first kappa shape index (κ1) is 29.1. The van der Waals surface area contributed by atoms with Crippen LogP contribution in [-0.4, -0.2) is 9.13 Å². The van der Waals surface area contributed by atoms with Crippen LogP contribution in [0.15, 0.2) is 200 Å². The van der Waals surface area contributed by atoms with Crippen molar-refractivity contribution in [1.82, 2.24) is 9.13 Å². The average Bonchev–Trinajstić information content (AvgIpc) is 3.72. The van der Waals surface area contributed by atoms with Crippen LogP contribution in [0.25, 0.3) is 66.1 Å². The molecule has 10 aromatic rings. The van der Waals surface area contributed by atoms with E-state index in [0.29, 0.717) is 0 Å². The quantitative estimate of drug-likeness (QED) is 0.174. The van der Waals surface area contributed by atoms with Crippen molar-refractivity contribution in [2.45, 2.75) is 0 Å². The summed E-state index contributed by atoms with van der Waals surface area (Å²) in [6.45, 7) is 0. The van der Waals surface area contributed by atoms with E-state index in [1.165, 1.54) is 54.7 Å². The van der Waals surface area contributed by atoms with Crippen LogP contribution in [0.5, 0.6) is 0 Å². The smallest absolute Gasteiger partial charge is 0.0619 e. The van der Waals surface area contributed by atoms with Crippen molar-refractivity contribution in [2.75, 3.05) is 4.90 Å². The van der Waals surface area contributed by atoms with E-state index in [-0.39, 0.29) is 0 Å². The van der Waals surface area contributed by atoms with Crippen LogP contribution in [-0.2, 0) is 0 Å². The van der Waals surface area contributed by atoms with Crippen molar-refractivity contribution in [3.63, 3.8) is 0 Å². The van der Waals surface area contributed by atoms with Gasteiger partial charge in [-0.2, -0.15) is 0 Å². The Hall–Kier alpha value is -6.84. The van der Waals surface area contributed by atoms with E-state index in [4.69, 9.17) is 0 Å². The van der Waals surface area contributed by atoms with E-state index < -0.39 is 0 Å². The molecule has 0 fully saturated rings. The predicted molar refractivity (Wildman–Crippen MR) is 215 cm³/mol. The number of fused-ring (bicyclic) bond motifs is 6. The normalized spacial score (nSPS) is 11.5. The molecule has 2 heterocycles. The Labute approximate surface area is 296 Å². The van der Waals surface area contributed by atoms with Crippen molar-refractivity contribution in [2.24, 2.45) is 0 Å². The molecule has 0 atom stereocenters. The fourth-order valence-electron chi connectivity index (χ4n) is 7.89. The number of para-hydroxylation sites is 6. The molecule has 2 aromatic heterocycles. The highest BCUT2D eigenvalue weighted by Crippen LogP contribution is 2.41. The Kier molecular flexibility index (Phi) is 6.81. The van der Waals surface area contributed by atoms with Gasteiger partial charge in [0, 0.05) is 55.5 Å². The number of benzene rings is 8. The highest BCUT2D eigenvalue weighted by molar-refractivity contribution is 6.15. The van der Waals surface area contributed by atoms with E-state index in [1.807, 2.05) is 0 Å². The van der Waals surface area contributed by atoms with Crippen LogP contribution in [0, 0.1) is 0 Å². The fourth-order valence-corrected chi connectivity index (χ4v) is 7.89. The third-order valence-corrected chi connectivity index (χ3v) is 10.1. The van der Waals surface area contributed by atoms with Gasteiger partial charge in [0.05, 0.1) is 22.1 Å². The molecule has 3 heteroatoms. The molecule has 0 radical (unpaired) electrons. The van der Waals surface area contributed by atoms with Gasteiger partial charge < -0.3 is 14.0 Å². The van der Waals surface area contributed by atoms with E-state index in [0.717, 1.165) is 28.4 Å². The standard InChI is InChI=1S/C48H33N3/c1-4-16-35(17-5-1)49(36-18-6-2-7-19-36)38-22-14-23-39(33-38)50-45-28-12-11-25-42(45)44-32-34(30-31-47(44)50)40-26-15-27-43-41-24-10-13-29-46(41)51(48(40)43)37-20-8-3-9-21-37/h1-33H. The van der Waals surface area contributed by atoms with Gasteiger partial charge in [0.25, 0.3) is 0 Å². The van der Waals surface area contributed by atoms with E-state index in [2.05, 4.69) is 214 Å². The molecule has 0 unspecified atom stereocenters. The van der Waals surface area contributed by atoms with E-state index in [9.17, 15) is 0 Å². The van der Waals surface area contributed by atoms with Crippen LogP contribution < -0.4 is 4.90 Å². The zero-order valence-electron chi connectivity index (χ0n) is 27.9. The first-order valence-electron chi connectivity index (χ1n) is 17.5. The van der Waals surface area contributed by atoms with Gasteiger partial charge in [-0.1, -0.05) is 121 Å². The molecule has 3 nitrogen and oxygen atoms in total. The zero-order valence-corrected chi connectivity index (χ0v) is 27.9. The van der Waals surface area contributed by atoms with Gasteiger partial charge in [-0.15, -0.1) is 0 Å². The topological polar surface area (TPSA) is 13.1 Å². The SMILES string of the molecule is c1ccc(N(c2ccccc2)c2cccc(-n3c4ccccc4c4cc(-c5cccc6c7ccccc7n(-c7ccccc7)c56)ccc43)c2)cc1. The van der Waals surface area contributed by atoms with E-state index in [1.54, 1.807) is 0 Å². The molecule has 0 spiro atoms. The summed E-state index contributed by atoms with van der Waals surface area (Å²) in [4.78, 5) is 2.32. The lowest BCUT2D eigenvalue weighted by Gasteiger charge is -2.26. The summed E-state index contributed by atoms with van der Waals surface area (Å²) in [5, 5.41) is 4.98. The number of aromatic nitrogens is 2. The van der Waals surface area contributed by atoms with Crippen molar-refractivity contribution in [3.8, 4) is 22.5 Å². The van der Waals surface area contributed by atoms with Crippen molar-refractivity contribution < 1.29 is 0 Å². The van der Waals surface area contributed by atoms with Crippen molar-refractivity contribution in [1.29, 1.82) is 0 Å². The Morgan fingerprint density at radius 2 is 0.824 bits per heavy atom. The van der Waals surface area contributed by atoms with Gasteiger partial charge in [0.2, 0.25) is 0 Å². The molecule has 8 aromatic carbocycles. The summed E-state index contributed by atoms with van der Waals surface area (Å²) in [5.74, 6) is 0. The highest BCUT2D eigenvalue weighted by atomic mass is 15.1. The van der Waals surface area contributed by atoms with Crippen LogP contribution in [0.4, 0.5) is 17.1 Å². The molecule has 0 aliphatic carbocycles. The summed E-state index contributed by atoms with van der Waals surface area (Å²) in [7, 11) is 0. The zero-order chi connectivity index (χ0) is 33.7. The lowest BCUT2D eigenvalue weighted by molar-refractivity contribution is 1.17. The summed E-state index contributed by atoms with van der Waals surface area (Å²) in [6, 6.07) is 72.0. The minimum atomic E-state index is 1.10. The number of hydrogen-bond acceptors (Lipinski definition) is 1. The highest BCUT2D eigenvalue weighted by Gasteiger charge is 2.19. The number of rotatable bonds is 6. The van der Waals surface area contributed by atoms with Crippen molar-refractivity contribution >= 4 is 60.7 Å². The summed E-state index contributed by atoms with van der Waals surface area (Å²) in [5.41, 5.74) is 12.8. The molecule has 0 aliphatic heterocycles. The van der Waals surface area contributed by atoms with Crippen LogP contribution in [0.3, 0.4) is 0 Å². The molecule has 10 rings (SSSR count). The minimum absolute atomic E-state index is 1.10. The van der Waals surface area contributed by atoms with Crippen LogP contribution >= 0.6 is 0 Å². The van der Waals surface area contributed by atoms with Crippen LogP contribution in [0.2, 0.25) is 0 Å². The molecule has 51 heavy (non-hydrogen) atoms. The summed E-state index contributed by atoms with van der Waals surface area (Å²) < 4.78 is 4.83. The largest absolute Gasteiger partial charge is 0.310 e. The first-order chi connectivity index (χ1) is 25.3.